The second-order valence-electron chi connectivity index (χ2n) is 3.10. The average Bonchev–Trinajstić information content (AvgIpc) is 1.98. The van der Waals surface area contributed by atoms with Crippen LogP contribution in [0.15, 0.2) is 0 Å². The number of ether oxygens (including phenoxy) is 1. The molecule has 12 heavy (non-hydrogen) atoms. The number of alkyl halides is 1. The van der Waals surface area contributed by atoms with E-state index in [1.165, 1.54) is 0 Å². The molecule has 0 spiro atoms. The fraction of sp³-hybridized carbons (Fsp3) is 0.875. The lowest BCUT2D eigenvalue weighted by molar-refractivity contribution is 0.0528. The number of hydrogen-bond acceptors (Lipinski definition) is 2. The zero-order valence-electron chi connectivity index (χ0n) is 7.42. The molecule has 0 radical (unpaired) electrons. The zero-order valence-corrected chi connectivity index (χ0v) is 8.17. The number of rotatable bonds is 2. The van der Waals surface area contributed by atoms with Crippen LogP contribution in [0.3, 0.4) is 0 Å². The maximum atomic E-state index is 11.2. The lowest BCUT2D eigenvalue weighted by Gasteiger charge is -2.35. The highest BCUT2D eigenvalue weighted by Gasteiger charge is 2.30. The van der Waals surface area contributed by atoms with Crippen molar-refractivity contribution in [3.63, 3.8) is 0 Å². The molecule has 3 nitrogen and oxygen atoms in total. The van der Waals surface area contributed by atoms with Crippen LogP contribution in [0.4, 0.5) is 4.79 Å². The molecule has 1 atom stereocenters. The largest absolute Gasteiger partial charge is 0.446 e. The SMILES string of the molecule is CCC(C)OC(=O)N1CC(Cl)C1. The molecule has 0 aliphatic carbocycles. The second-order valence-corrected chi connectivity index (χ2v) is 3.72. The standard InChI is InChI=1S/C8H14ClNO2/c1-3-6(2)12-8(11)10-4-7(9)5-10/h6-7H,3-5H2,1-2H3. The first-order chi connectivity index (χ1) is 5.63. The molecule has 1 saturated heterocycles. The number of likely N-dealkylation sites (tertiary alicyclic amines) is 1. The third-order valence-corrected chi connectivity index (χ3v) is 2.25. The van der Waals surface area contributed by atoms with Gasteiger partial charge in [0.2, 0.25) is 0 Å². The fourth-order valence-electron chi connectivity index (χ4n) is 0.904. The number of halogens is 1. The number of amides is 1. The molecule has 4 heteroatoms. The molecule has 1 heterocycles. The van der Waals surface area contributed by atoms with Crippen molar-refractivity contribution in [2.75, 3.05) is 13.1 Å². The molecule has 0 aromatic heterocycles. The van der Waals surface area contributed by atoms with Crippen molar-refractivity contribution >= 4 is 17.7 Å². The summed E-state index contributed by atoms with van der Waals surface area (Å²) in [5.41, 5.74) is 0. The van der Waals surface area contributed by atoms with Gasteiger partial charge in [-0.1, -0.05) is 6.92 Å². The van der Waals surface area contributed by atoms with E-state index < -0.39 is 0 Å². The van der Waals surface area contributed by atoms with Gasteiger partial charge in [0.25, 0.3) is 0 Å². The van der Waals surface area contributed by atoms with Crippen molar-refractivity contribution in [2.45, 2.75) is 31.7 Å². The Bertz CT molecular complexity index is 168. The van der Waals surface area contributed by atoms with Crippen molar-refractivity contribution in [2.24, 2.45) is 0 Å². The minimum Gasteiger partial charge on any atom is -0.446 e. The molecule has 1 fully saturated rings. The van der Waals surface area contributed by atoms with E-state index in [1.54, 1.807) is 4.90 Å². The maximum absolute atomic E-state index is 11.2. The quantitative estimate of drug-likeness (QED) is 0.624. The third-order valence-electron chi connectivity index (χ3n) is 1.97. The van der Waals surface area contributed by atoms with E-state index in [0.29, 0.717) is 13.1 Å². The van der Waals surface area contributed by atoms with Crippen LogP contribution in [-0.2, 0) is 4.74 Å². The minimum absolute atomic E-state index is 0.00637. The summed E-state index contributed by atoms with van der Waals surface area (Å²) >= 11 is 5.71. The van der Waals surface area contributed by atoms with Crippen LogP contribution in [0.1, 0.15) is 20.3 Å². The molecule has 0 aromatic carbocycles. The minimum atomic E-state index is -0.235. The number of carbonyl (C=O) groups excluding carboxylic acids is 1. The third kappa shape index (κ3) is 2.27. The number of carbonyl (C=O) groups is 1. The van der Waals surface area contributed by atoms with Crippen LogP contribution in [0, 0.1) is 0 Å². The van der Waals surface area contributed by atoms with Crippen LogP contribution in [0.5, 0.6) is 0 Å². The molecule has 1 amide bonds. The summed E-state index contributed by atoms with van der Waals surface area (Å²) in [6.07, 6.45) is 0.622. The molecule has 0 saturated carbocycles. The van der Waals surface area contributed by atoms with E-state index in [1.807, 2.05) is 13.8 Å². The van der Waals surface area contributed by atoms with Crippen molar-refractivity contribution in [3.8, 4) is 0 Å². The van der Waals surface area contributed by atoms with Gasteiger partial charge in [-0.25, -0.2) is 4.79 Å². The smallest absolute Gasteiger partial charge is 0.410 e. The van der Waals surface area contributed by atoms with Crippen molar-refractivity contribution in [1.82, 2.24) is 4.90 Å². The molecule has 1 aliphatic heterocycles. The first-order valence-electron chi connectivity index (χ1n) is 4.23. The van der Waals surface area contributed by atoms with Gasteiger partial charge in [0.15, 0.2) is 0 Å². The fourth-order valence-corrected chi connectivity index (χ4v) is 1.24. The van der Waals surface area contributed by atoms with E-state index in [0.717, 1.165) is 6.42 Å². The summed E-state index contributed by atoms with van der Waals surface area (Å²) in [5, 5.41) is 0.120. The summed E-state index contributed by atoms with van der Waals surface area (Å²) in [6.45, 7) is 5.11. The van der Waals surface area contributed by atoms with Gasteiger partial charge in [-0.3, -0.25) is 0 Å². The van der Waals surface area contributed by atoms with Crippen molar-refractivity contribution in [3.05, 3.63) is 0 Å². The number of hydrogen-bond donors (Lipinski definition) is 0. The molecular formula is C8H14ClNO2. The summed E-state index contributed by atoms with van der Waals surface area (Å²) < 4.78 is 5.08. The molecule has 1 rings (SSSR count). The van der Waals surface area contributed by atoms with E-state index in [2.05, 4.69) is 0 Å². The van der Waals surface area contributed by atoms with Gasteiger partial charge in [0, 0.05) is 13.1 Å². The Morgan fingerprint density at radius 1 is 1.75 bits per heavy atom. The van der Waals surface area contributed by atoms with Gasteiger partial charge in [0.1, 0.15) is 6.10 Å². The lowest BCUT2D eigenvalue weighted by Crippen LogP contribution is -2.51. The van der Waals surface area contributed by atoms with Crippen molar-refractivity contribution in [1.29, 1.82) is 0 Å². The van der Waals surface area contributed by atoms with Crippen LogP contribution in [-0.4, -0.2) is 35.6 Å². The predicted molar refractivity (Wildman–Crippen MR) is 47.4 cm³/mol. The van der Waals surface area contributed by atoms with Gasteiger partial charge < -0.3 is 9.64 Å². The van der Waals surface area contributed by atoms with Gasteiger partial charge in [-0.15, -0.1) is 11.6 Å². The molecule has 1 aliphatic rings. The first-order valence-corrected chi connectivity index (χ1v) is 4.66. The van der Waals surface area contributed by atoms with Gasteiger partial charge in [0.05, 0.1) is 5.38 Å². The maximum Gasteiger partial charge on any atom is 0.410 e. The Balaban J connectivity index is 2.20. The first kappa shape index (κ1) is 9.65. The Kier molecular flexibility index (Phi) is 3.20. The van der Waals surface area contributed by atoms with Crippen LogP contribution in [0.2, 0.25) is 0 Å². The molecule has 0 aromatic rings. The Morgan fingerprint density at radius 3 is 2.75 bits per heavy atom. The van der Waals surface area contributed by atoms with Crippen molar-refractivity contribution < 1.29 is 9.53 Å². The highest BCUT2D eigenvalue weighted by molar-refractivity contribution is 6.21. The second kappa shape index (κ2) is 3.99. The van der Waals surface area contributed by atoms with E-state index in [-0.39, 0.29) is 17.6 Å². The Morgan fingerprint density at radius 2 is 2.33 bits per heavy atom. The highest BCUT2D eigenvalue weighted by Crippen LogP contribution is 2.15. The Hall–Kier alpha value is -0.440. The summed E-state index contributed by atoms with van der Waals surface area (Å²) in [6, 6.07) is 0. The van der Waals surface area contributed by atoms with Crippen LogP contribution >= 0.6 is 11.6 Å². The van der Waals surface area contributed by atoms with E-state index in [9.17, 15) is 4.79 Å². The van der Waals surface area contributed by atoms with Gasteiger partial charge in [-0.2, -0.15) is 0 Å². The van der Waals surface area contributed by atoms with E-state index in [4.69, 9.17) is 16.3 Å². The molecule has 70 valence electrons. The summed E-state index contributed by atoms with van der Waals surface area (Å²) in [4.78, 5) is 12.8. The zero-order chi connectivity index (χ0) is 9.14. The average molecular weight is 192 g/mol. The number of nitrogens with zero attached hydrogens (tertiary/aromatic N) is 1. The normalized spacial score (nSPS) is 20.1. The topological polar surface area (TPSA) is 29.5 Å². The lowest BCUT2D eigenvalue weighted by atomic mass is 10.2. The summed E-state index contributed by atoms with van der Waals surface area (Å²) in [7, 11) is 0. The Labute approximate surface area is 77.6 Å². The molecule has 0 N–H and O–H groups in total. The molecule has 0 bridgehead atoms. The summed E-state index contributed by atoms with van der Waals surface area (Å²) in [5.74, 6) is 0. The predicted octanol–water partition coefficient (Wildman–Crippen LogP) is 1.84. The highest BCUT2D eigenvalue weighted by atomic mass is 35.5. The van der Waals surface area contributed by atoms with Gasteiger partial charge in [-0.05, 0) is 13.3 Å². The van der Waals surface area contributed by atoms with E-state index >= 15 is 0 Å². The van der Waals surface area contributed by atoms with Crippen LogP contribution < -0.4 is 0 Å². The van der Waals surface area contributed by atoms with Gasteiger partial charge >= 0.3 is 6.09 Å². The van der Waals surface area contributed by atoms with Crippen LogP contribution in [0.25, 0.3) is 0 Å². The molecule has 1 unspecified atom stereocenters. The molecular weight excluding hydrogens is 178 g/mol. The monoisotopic (exact) mass is 191 g/mol.